The van der Waals surface area contributed by atoms with E-state index in [1.807, 2.05) is 11.4 Å². The zero-order valence-electron chi connectivity index (χ0n) is 5.70. The minimum absolute atomic E-state index is 0.468. The van der Waals surface area contributed by atoms with E-state index in [1.54, 1.807) is 0 Å². The van der Waals surface area contributed by atoms with Gasteiger partial charge in [0.25, 0.3) is 0 Å². The highest BCUT2D eigenvalue weighted by molar-refractivity contribution is 9.10. The third-order valence-electron chi connectivity index (χ3n) is 1.24. The Morgan fingerprint density at radius 2 is 2.50 bits per heavy atom. The van der Waals surface area contributed by atoms with Crippen LogP contribution in [-0.4, -0.2) is 10.1 Å². The molecule has 0 saturated carbocycles. The zero-order valence-corrected chi connectivity index (χ0v) is 8.11. The molecular formula is C6H3BrN2O2S. The molecule has 0 aliphatic heterocycles. The Morgan fingerprint density at radius 1 is 1.67 bits per heavy atom. The predicted molar refractivity (Wildman–Crippen MR) is 48.1 cm³/mol. The average Bonchev–Trinajstić information content (AvgIpc) is 2.58. The van der Waals surface area contributed by atoms with Gasteiger partial charge in [0.15, 0.2) is 5.82 Å². The summed E-state index contributed by atoms with van der Waals surface area (Å²) in [5.41, 5.74) is 0. The van der Waals surface area contributed by atoms with Crippen LogP contribution in [-0.2, 0) is 0 Å². The van der Waals surface area contributed by atoms with E-state index in [4.69, 9.17) is 0 Å². The first kappa shape index (κ1) is 7.75. The van der Waals surface area contributed by atoms with E-state index in [0.717, 1.165) is 9.35 Å². The molecule has 1 N–H and O–H groups in total. The lowest BCUT2D eigenvalue weighted by Crippen LogP contribution is -1.94. The Balaban J connectivity index is 2.50. The number of thiophene rings is 1. The molecule has 2 rings (SSSR count). The van der Waals surface area contributed by atoms with Gasteiger partial charge in [0.05, 0.1) is 4.88 Å². The Kier molecular flexibility index (Phi) is 1.86. The van der Waals surface area contributed by atoms with Crippen molar-refractivity contribution in [3.63, 3.8) is 0 Å². The minimum Gasteiger partial charge on any atom is -0.296 e. The SMILES string of the molecule is O=c1[nH]c(-c2cc(Br)cs2)no1. The van der Waals surface area contributed by atoms with Crippen LogP contribution >= 0.6 is 27.3 Å². The maximum Gasteiger partial charge on any atom is 0.439 e. The summed E-state index contributed by atoms with van der Waals surface area (Å²) in [6.07, 6.45) is 0. The Morgan fingerprint density at radius 3 is 3.00 bits per heavy atom. The van der Waals surface area contributed by atoms with Crippen LogP contribution in [0.15, 0.2) is 25.2 Å². The molecule has 0 spiro atoms. The maximum atomic E-state index is 10.6. The average molecular weight is 247 g/mol. The normalized spacial score (nSPS) is 10.4. The van der Waals surface area contributed by atoms with Gasteiger partial charge in [-0.1, -0.05) is 5.16 Å². The van der Waals surface area contributed by atoms with Gasteiger partial charge in [-0.2, -0.15) is 0 Å². The van der Waals surface area contributed by atoms with E-state index in [1.165, 1.54) is 11.3 Å². The first-order valence-electron chi connectivity index (χ1n) is 3.06. The van der Waals surface area contributed by atoms with E-state index in [2.05, 4.69) is 30.6 Å². The summed E-state index contributed by atoms with van der Waals surface area (Å²) in [6.45, 7) is 0. The van der Waals surface area contributed by atoms with E-state index in [9.17, 15) is 4.79 Å². The molecule has 0 aromatic carbocycles. The molecule has 4 nitrogen and oxygen atoms in total. The summed E-state index contributed by atoms with van der Waals surface area (Å²) in [5, 5.41) is 5.45. The van der Waals surface area contributed by atoms with Crippen molar-refractivity contribution in [2.45, 2.75) is 0 Å². The first-order chi connectivity index (χ1) is 5.75. The molecule has 0 fully saturated rings. The van der Waals surface area contributed by atoms with Crippen molar-refractivity contribution in [3.8, 4) is 10.7 Å². The fourth-order valence-corrected chi connectivity index (χ4v) is 2.14. The number of H-pyrrole nitrogens is 1. The fourth-order valence-electron chi connectivity index (χ4n) is 0.773. The minimum atomic E-state index is -0.533. The monoisotopic (exact) mass is 246 g/mol. The first-order valence-corrected chi connectivity index (χ1v) is 4.73. The lowest BCUT2D eigenvalue weighted by atomic mass is 10.4. The number of halogens is 1. The molecular weight excluding hydrogens is 244 g/mol. The summed E-state index contributed by atoms with van der Waals surface area (Å²) in [5.74, 6) is -0.0646. The highest BCUT2D eigenvalue weighted by Crippen LogP contribution is 2.26. The van der Waals surface area contributed by atoms with Crippen LogP contribution in [0, 0.1) is 0 Å². The number of aromatic amines is 1. The van der Waals surface area contributed by atoms with Gasteiger partial charge >= 0.3 is 5.76 Å². The second-order valence-electron chi connectivity index (χ2n) is 2.07. The largest absolute Gasteiger partial charge is 0.439 e. The van der Waals surface area contributed by atoms with Crippen molar-refractivity contribution >= 4 is 27.3 Å². The summed E-state index contributed by atoms with van der Waals surface area (Å²) in [6, 6.07) is 1.86. The number of nitrogens with one attached hydrogen (secondary N) is 1. The van der Waals surface area contributed by atoms with Crippen molar-refractivity contribution in [1.82, 2.24) is 10.1 Å². The summed E-state index contributed by atoms with van der Waals surface area (Å²) < 4.78 is 5.32. The van der Waals surface area contributed by atoms with Crippen LogP contribution in [0.3, 0.4) is 0 Å². The van der Waals surface area contributed by atoms with E-state index >= 15 is 0 Å². The number of rotatable bonds is 1. The molecule has 12 heavy (non-hydrogen) atoms. The van der Waals surface area contributed by atoms with Crippen LogP contribution in [0.2, 0.25) is 0 Å². The standard InChI is InChI=1S/C6H3BrN2O2S/c7-3-1-4(12-2-3)5-8-6(10)11-9-5/h1-2H,(H,8,9,10). The van der Waals surface area contributed by atoms with Gasteiger partial charge in [0.2, 0.25) is 0 Å². The zero-order chi connectivity index (χ0) is 8.55. The van der Waals surface area contributed by atoms with Gasteiger partial charge in [-0.3, -0.25) is 9.51 Å². The highest BCUT2D eigenvalue weighted by Gasteiger charge is 2.05. The van der Waals surface area contributed by atoms with Crippen LogP contribution in [0.1, 0.15) is 0 Å². The Bertz CT molecular complexity index is 444. The third-order valence-corrected chi connectivity index (χ3v) is 2.94. The molecule has 2 aromatic rings. The van der Waals surface area contributed by atoms with Gasteiger partial charge < -0.3 is 0 Å². The maximum absolute atomic E-state index is 10.6. The van der Waals surface area contributed by atoms with Crippen molar-refractivity contribution < 1.29 is 4.52 Å². The Hall–Kier alpha value is -0.880. The van der Waals surface area contributed by atoms with Crippen LogP contribution in [0.5, 0.6) is 0 Å². The molecule has 0 saturated heterocycles. The topological polar surface area (TPSA) is 58.9 Å². The summed E-state index contributed by atoms with van der Waals surface area (Å²) in [7, 11) is 0. The summed E-state index contributed by atoms with van der Waals surface area (Å²) in [4.78, 5) is 13.9. The number of aromatic nitrogens is 2. The van der Waals surface area contributed by atoms with Gasteiger partial charge in [0, 0.05) is 9.85 Å². The molecule has 2 aromatic heterocycles. The quantitative estimate of drug-likeness (QED) is 0.836. The van der Waals surface area contributed by atoms with Gasteiger partial charge in [0.1, 0.15) is 0 Å². The fraction of sp³-hybridized carbons (Fsp3) is 0. The second kappa shape index (κ2) is 2.87. The van der Waals surface area contributed by atoms with E-state index in [0.29, 0.717) is 5.82 Å². The molecule has 0 unspecified atom stereocenters. The molecule has 6 heteroatoms. The molecule has 0 bridgehead atoms. The van der Waals surface area contributed by atoms with Gasteiger partial charge in [-0.15, -0.1) is 11.3 Å². The van der Waals surface area contributed by atoms with Crippen LogP contribution in [0.4, 0.5) is 0 Å². The van der Waals surface area contributed by atoms with E-state index in [-0.39, 0.29) is 0 Å². The predicted octanol–water partition coefficient (Wildman–Crippen LogP) is 1.85. The Labute approximate surface area is 79.3 Å². The lowest BCUT2D eigenvalue weighted by Gasteiger charge is -1.81. The molecule has 62 valence electrons. The van der Waals surface area contributed by atoms with E-state index < -0.39 is 5.76 Å². The number of nitrogens with zero attached hydrogens (tertiary/aromatic N) is 1. The molecule has 0 amide bonds. The van der Waals surface area contributed by atoms with Gasteiger partial charge in [-0.05, 0) is 22.0 Å². The number of hydrogen-bond donors (Lipinski definition) is 1. The summed E-state index contributed by atoms with van der Waals surface area (Å²) >= 11 is 4.77. The van der Waals surface area contributed by atoms with Crippen LogP contribution < -0.4 is 5.76 Å². The van der Waals surface area contributed by atoms with Crippen molar-refractivity contribution in [2.75, 3.05) is 0 Å². The van der Waals surface area contributed by atoms with Gasteiger partial charge in [-0.25, -0.2) is 4.79 Å². The smallest absolute Gasteiger partial charge is 0.296 e. The second-order valence-corrected chi connectivity index (χ2v) is 3.90. The highest BCUT2D eigenvalue weighted by atomic mass is 79.9. The van der Waals surface area contributed by atoms with Crippen molar-refractivity contribution in [3.05, 3.63) is 26.5 Å². The molecule has 0 aliphatic carbocycles. The molecule has 2 heterocycles. The molecule has 0 atom stereocenters. The van der Waals surface area contributed by atoms with Crippen molar-refractivity contribution in [2.24, 2.45) is 0 Å². The third kappa shape index (κ3) is 1.35. The van der Waals surface area contributed by atoms with Crippen LogP contribution in [0.25, 0.3) is 10.7 Å². The molecule has 0 aliphatic rings. The lowest BCUT2D eigenvalue weighted by molar-refractivity contribution is 0.388. The molecule has 0 radical (unpaired) electrons. The van der Waals surface area contributed by atoms with Crippen molar-refractivity contribution in [1.29, 1.82) is 0 Å². The number of hydrogen-bond acceptors (Lipinski definition) is 4.